The fourth-order valence-electron chi connectivity index (χ4n) is 5.04. The molecule has 1 saturated heterocycles. The molecule has 2 aromatic rings. The molecule has 188 valence electrons. The minimum Gasteiger partial charge on any atom is -0.330 e. The Bertz CT molecular complexity index is 1290. The van der Waals surface area contributed by atoms with Gasteiger partial charge in [0.05, 0.1) is 17.0 Å². The number of anilines is 1. The first-order valence-corrected chi connectivity index (χ1v) is 11.9. The first-order valence-electron chi connectivity index (χ1n) is 11.5. The Hall–Kier alpha value is -3.51. The van der Waals surface area contributed by atoms with Crippen LogP contribution in [0.25, 0.3) is 4.85 Å². The van der Waals surface area contributed by atoms with Gasteiger partial charge in [-0.2, -0.15) is 0 Å². The van der Waals surface area contributed by atoms with Crippen LogP contribution in [-0.4, -0.2) is 53.3 Å². The van der Waals surface area contributed by atoms with Crippen LogP contribution in [0, 0.1) is 24.1 Å². The van der Waals surface area contributed by atoms with Crippen molar-refractivity contribution in [2.24, 2.45) is 5.92 Å². The molecule has 7 nitrogen and oxygen atoms in total. The van der Waals surface area contributed by atoms with Gasteiger partial charge in [0.1, 0.15) is 23.1 Å². The van der Waals surface area contributed by atoms with E-state index in [1.54, 1.807) is 18.2 Å². The van der Waals surface area contributed by atoms with Crippen LogP contribution in [0.4, 0.5) is 14.5 Å². The molecule has 2 aliphatic heterocycles. The first kappa shape index (κ1) is 25.6. The zero-order valence-electron chi connectivity index (χ0n) is 20.0. The number of fused-ring (bicyclic) bond motifs is 2. The van der Waals surface area contributed by atoms with Crippen molar-refractivity contribution < 1.29 is 23.2 Å². The second-order valence-electron chi connectivity index (χ2n) is 9.67. The highest BCUT2D eigenvalue weighted by Gasteiger charge is 2.59. The maximum Gasteiger partial charge on any atom is 0.302 e. The first-order chi connectivity index (χ1) is 17.0. The van der Waals surface area contributed by atoms with Gasteiger partial charge in [0.25, 0.3) is 11.8 Å². The average Bonchev–Trinajstić information content (AvgIpc) is 3.36. The monoisotopic (exact) mass is 514 g/mol. The Morgan fingerprint density at radius 1 is 1.28 bits per heavy atom. The predicted molar refractivity (Wildman–Crippen MR) is 130 cm³/mol. The Labute approximate surface area is 212 Å². The molecule has 0 saturated carbocycles. The fourth-order valence-corrected chi connectivity index (χ4v) is 5.20. The van der Waals surface area contributed by atoms with Gasteiger partial charge in [-0.25, -0.2) is 15.4 Å². The summed E-state index contributed by atoms with van der Waals surface area (Å²) in [5.41, 5.74) is -0.153. The van der Waals surface area contributed by atoms with Gasteiger partial charge < -0.3 is 10.2 Å². The highest BCUT2D eigenvalue weighted by atomic mass is 35.5. The van der Waals surface area contributed by atoms with E-state index in [0.29, 0.717) is 11.8 Å². The minimum absolute atomic E-state index is 0.0188. The van der Waals surface area contributed by atoms with Crippen LogP contribution in [0.1, 0.15) is 42.6 Å². The number of benzene rings is 2. The molecule has 0 aliphatic carbocycles. The maximum atomic E-state index is 14.4. The van der Waals surface area contributed by atoms with E-state index < -0.39 is 51.7 Å². The fraction of sp³-hybridized carbons (Fsp3) is 0.385. The summed E-state index contributed by atoms with van der Waals surface area (Å²) in [6.45, 7) is 11.4. The van der Waals surface area contributed by atoms with Gasteiger partial charge in [0.15, 0.2) is 0 Å². The van der Waals surface area contributed by atoms with E-state index in [2.05, 4.69) is 10.2 Å². The Morgan fingerprint density at radius 2 is 1.97 bits per heavy atom. The van der Waals surface area contributed by atoms with E-state index in [4.69, 9.17) is 18.2 Å². The molecule has 0 aromatic heterocycles. The van der Waals surface area contributed by atoms with Crippen molar-refractivity contribution >= 4 is 35.0 Å². The molecule has 1 fully saturated rings. The summed E-state index contributed by atoms with van der Waals surface area (Å²) in [7, 11) is 1.36. The molecule has 10 heteroatoms. The Morgan fingerprint density at radius 3 is 2.64 bits per heavy atom. The summed E-state index contributed by atoms with van der Waals surface area (Å²) in [6.07, 6.45) is -0.557. The third-order valence-electron chi connectivity index (χ3n) is 6.90. The highest BCUT2D eigenvalue weighted by Crippen LogP contribution is 2.47. The van der Waals surface area contributed by atoms with Gasteiger partial charge >= 0.3 is 6.17 Å². The highest BCUT2D eigenvalue weighted by molar-refractivity contribution is 6.31. The normalized spacial score (nSPS) is 21.3. The zero-order chi connectivity index (χ0) is 26.4. The number of halogens is 3. The summed E-state index contributed by atoms with van der Waals surface area (Å²) < 4.78 is 28.1. The summed E-state index contributed by atoms with van der Waals surface area (Å²) in [6, 6.07) is 7.56. The summed E-state index contributed by atoms with van der Waals surface area (Å²) in [5, 5.41) is 2.43. The minimum atomic E-state index is -1.09. The SMILES string of the molecule is [C-]#[N+][C@@H]1C[C@@]2(CN1C(=O)[C@H](CC(C)C)N(C)C(=O)c1cc(Cl)c(F)cc1F)C(=O)Nc1ccccc12. The molecular formula is C26H25ClF2N4O3. The lowest BCUT2D eigenvalue weighted by molar-refractivity contribution is -0.136. The topological polar surface area (TPSA) is 74.1 Å². The van der Waals surface area contributed by atoms with E-state index in [0.717, 1.165) is 16.5 Å². The lowest BCUT2D eigenvalue weighted by atomic mass is 9.80. The van der Waals surface area contributed by atoms with Crippen LogP contribution in [0.5, 0.6) is 0 Å². The number of carbonyl (C=O) groups excluding carboxylic acids is 3. The molecule has 36 heavy (non-hydrogen) atoms. The summed E-state index contributed by atoms with van der Waals surface area (Å²) >= 11 is 5.77. The van der Waals surface area contributed by atoms with E-state index in [1.165, 1.54) is 11.9 Å². The number of amides is 3. The molecule has 4 rings (SSSR count). The van der Waals surface area contributed by atoms with Gasteiger partial charge in [0.2, 0.25) is 5.91 Å². The Kier molecular flexibility index (Phi) is 6.76. The largest absolute Gasteiger partial charge is 0.330 e. The van der Waals surface area contributed by atoms with Gasteiger partial charge in [-0.1, -0.05) is 43.6 Å². The number of carbonyl (C=O) groups is 3. The maximum absolute atomic E-state index is 14.4. The van der Waals surface area contributed by atoms with Crippen molar-refractivity contribution in [1.82, 2.24) is 9.80 Å². The van der Waals surface area contributed by atoms with E-state index in [9.17, 15) is 23.2 Å². The van der Waals surface area contributed by atoms with E-state index in [-0.39, 0.29) is 31.2 Å². The number of likely N-dealkylation sites (N-methyl/N-ethyl adjacent to an activating group) is 1. The second-order valence-corrected chi connectivity index (χ2v) is 10.1. The number of rotatable bonds is 5. The number of likely N-dealkylation sites (tertiary alicyclic amines) is 1. The van der Waals surface area contributed by atoms with Crippen LogP contribution in [0.3, 0.4) is 0 Å². The lowest BCUT2D eigenvalue weighted by Crippen LogP contribution is -2.51. The zero-order valence-corrected chi connectivity index (χ0v) is 20.8. The molecule has 0 radical (unpaired) electrons. The van der Waals surface area contributed by atoms with Crippen molar-refractivity contribution in [2.45, 2.75) is 44.3 Å². The van der Waals surface area contributed by atoms with Gasteiger partial charge in [-0.15, -0.1) is 0 Å². The van der Waals surface area contributed by atoms with Crippen molar-refractivity contribution in [3.63, 3.8) is 0 Å². The predicted octanol–water partition coefficient (Wildman–Crippen LogP) is 4.47. The standard InChI is InChI=1S/C26H25ClF2N4O3/c1-14(2)9-21(32(4)23(34)15-10-17(27)19(29)11-18(15)28)24(35)33-13-26(12-22(33)30-3)16-7-5-6-8-20(16)31-25(26)36/h5-8,10-11,14,21-22H,9,12-13H2,1-2,4H3,(H,31,36)/t21-,22-,26-/m0/s1. The molecule has 0 unspecified atom stereocenters. The second kappa shape index (κ2) is 9.51. The number of para-hydroxylation sites is 1. The number of hydrogen-bond acceptors (Lipinski definition) is 3. The van der Waals surface area contributed by atoms with E-state index in [1.807, 2.05) is 19.9 Å². The third kappa shape index (κ3) is 4.20. The van der Waals surface area contributed by atoms with Gasteiger partial charge in [-0.3, -0.25) is 24.1 Å². The molecule has 3 amide bonds. The average molecular weight is 515 g/mol. The number of nitrogens with zero attached hydrogens (tertiary/aromatic N) is 3. The molecule has 3 atom stereocenters. The van der Waals surface area contributed by atoms with Crippen LogP contribution < -0.4 is 5.32 Å². The Balaban J connectivity index is 1.68. The van der Waals surface area contributed by atoms with Crippen molar-refractivity contribution in [3.05, 3.63) is 75.6 Å². The smallest absolute Gasteiger partial charge is 0.302 e. The van der Waals surface area contributed by atoms with Crippen LogP contribution in [0.15, 0.2) is 36.4 Å². The molecular weight excluding hydrogens is 490 g/mol. The molecule has 0 bridgehead atoms. The van der Waals surface area contributed by atoms with Crippen molar-refractivity contribution in [3.8, 4) is 0 Å². The molecule has 2 aliphatic rings. The molecule has 1 spiro atoms. The van der Waals surface area contributed by atoms with Crippen LogP contribution in [0.2, 0.25) is 5.02 Å². The molecule has 1 N–H and O–H groups in total. The summed E-state index contributed by atoms with van der Waals surface area (Å²) in [4.78, 5) is 46.2. The van der Waals surface area contributed by atoms with Gasteiger partial charge in [-0.05, 0) is 30.0 Å². The van der Waals surface area contributed by atoms with Crippen LogP contribution >= 0.6 is 11.6 Å². The number of hydrogen-bond donors (Lipinski definition) is 1. The van der Waals surface area contributed by atoms with Gasteiger partial charge in [0, 0.05) is 25.3 Å². The van der Waals surface area contributed by atoms with E-state index >= 15 is 0 Å². The third-order valence-corrected chi connectivity index (χ3v) is 7.19. The van der Waals surface area contributed by atoms with Crippen molar-refractivity contribution in [1.29, 1.82) is 0 Å². The molecule has 2 heterocycles. The molecule has 2 aromatic carbocycles. The van der Waals surface area contributed by atoms with Crippen LogP contribution in [-0.2, 0) is 15.0 Å². The quantitative estimate of drug-likeness (QED) is 0.472. The summed E-state index contributed by atoms with van der Waals surface area (Å²) in [5.74, 6) is -3.76. The lowest BCUT2D eigenvalue weighted by Gasteiger charge is -2.32. The number of nitrogens with one attached hydrogen (secondary N) is 1. The van der Waals surface area contributed by atoms with Crippen molar-refractivity contribution in [2.75, 3.05) is 18.9 Å².